The monoisotopic (exact) mass is 892 g/mol. The van der Waals surface area contributed by atoms with E-state index in [1.807, 2.05) is 0 Å². The molecule has 3 aromatic rings. The Morgan fingerprint density at radius 3 is 1.33 bits per heavy atom. The molecule has 0 radical (unpaired) electrons. The molecule has 64 heavy (non-hydrogen) atoms. The van der Waals surface area contributed by atoms with Gasteiger partial charge in [-0.2, -0.15) is 0 Å². The van der Waals surface area contributed by atoms with Crippen molar-refractivity contribution in [1.82, 2.24) is 20.6 Å². The van der Waals surface area contributed by atoms with Crippen LogP contribution >= 0.6 is 0 Å². The Morgan fingerprint density at radius 2 is 0.969 bits per heavy atom. The number of halogens is 2. The highest BCUT2D eigenvalue weighted by molar-refractivity contribution is 6.09. The number of amides is 4. The predicted octanol–water partition coefficient (Wildman–Crippen LogP) is 2.95. The Kier molecular flexibility index (Phi) is 18.8. The lowest BCUT2D eigenvalue weighted by molar-refractivity contribution is -0.117. The van der Waals surface area contributed by atoms with Gasteiger partial charge in [-0.1, -0.05) is 0 Å². The van der Waals surface area contributed by atoms with Gasteiger partial charge in [-0.05, 0) is 113 Å². The zero-order chi connectivity index (χ0) is 45.8. The van der Waals surface area contributed by atoms with Crippen LogP contribution in [0.2, 0.25) is 0 Å². The standard InChI is InChI=1S/C42H58F2N14O6/c43-22-25-17-29(55-35(59)5-1-3-11-51-41(45)46)37(63-27-7-13-49-14-8-27)31(19-25)57-39(61)33-21-34(54-24-53-33)40(62)58-32-20-26(23-44)18-30(38(32)64-28-9-15-50-16-10-28)56-36(60)6-2-4-12-52-42(47)48/h17-21,24,27-28,49-50H,1-16,22-23H2,(H,55,59)(H,56,60)(H,57,61)(H,58,62)(H4,45,46,51)(H4,47,48,52). The van der Waals surface area contributed by atoms with E-state index in [2.05, 4.69) is 51.9 Å². The fourth-order valence-electron chi connectivity index (χ4n) is 6.93. The number of rotatable bonds is 22. The van der Waals surface area contributed by atoms with Crippen LogP contribution in [0, 0.1) is 0 Å². The molecule has 3 heterocycles. The van der Waals surface area contributed by atoms with E-state index in [-0.39, 0.29) is 106 Å². The number of nitrogens with one attached hydrogen (secondary N) is 6. The lowest BCUT2D eigenvalue weighted by Crippen LogP contribution is -2.34. The summed E-state index contributed by atoms with van der Waals surface area (Å²) in [5.41, 5.74) is 21.8. The second-order valence-electron chi connectivity index (χ2n) is 15.3. The number of carbonyl (C=O) groups is 4. The molecule has 0 unspecified atom stereocenters. The first-order valence-corrected chi connectivity index (χ1v) is 21.3. The molecule has 2 aliphatic heterocycles. The fourth-order valence-corrected chi connectivity index (χ4v) is 6.93. The van der Waals surface area contributed by atoms with Gasteiger partial charge in [0.1, 0.15) is 43.3 Å². The van der Waals surface area contributed by atoms with Gasteiger partial charge in [-0.3, -0.25) is 29.2 Å². The minimum absolute atomic E-state index is 0.0432. The smallest absolute Gasteiger partial charge is 0.274 e. The van der Waals surface area contributed by atoms with Gasteiger partial charge in [0.15, 0.2) is 23.4 Å². The van der Waals surface area contributed by atoms with Crippen LogP contribution < -0.4 is 64.3 Å². The molecule has 0 spiro atoms. The molecule has 5 rings (SSSR count). The Bertz CT molecular complexity index is 1990. The molecular formula is C42H58F2N14O6. The van der Waals surface area contributed by atoms with Gasteiger partial charge in [-0.25, -0.2) is 18.7 Å². The third-order valence-electron chi connectivity index (χ3n) is 10.1. The van der Waals surface area contributed by atoms with Crippen LogP contribution in [-0.2, 0) is 22.9 Å². The highest BCUT2D eigenvalue weighted by Crippen LogP contribution is 2.39. The van der Waals surface area contributed by atoms with E-state index in [0.717, 1.165) is 12.4 Å². The molecule has 0 aliphatic carbocycles. The van der Waals surface area contributed by atoms with E-state index < -0.39 is 25.2 Å². The molecule has 0 saturated carbocycles. The van der Waals surface area contributed by atoms with Crippen LogP contribution in [0.3, 0.4) is 0 Å². The molecule has 0 atom stereocenters. The second-order valence-corrected chi connectivity index (χ2v) is 15.3. The van der Waals surface area contributed by atoms with Gasteiger partial charge < -0.3 is 64.3 Å². The second kappa shape index (κ2) is 24.8. The van der Waals surface area contributed by atoms with Crippen molar-refractivity contribution in [3.05, 3.63) is 59.2 Å². The molecule has 2 aromatic carbocycles. The largest absolute Gasteiger partial charge is 0.486 e. The number of piperidine rings is 2. The maximum atomic E-state index is 14.3. The SMILES string of the molecule is NC(N)=NCCCCC(=O)Nc1cc(CF)cc(NC(=O)c2cc(C(=O)Nc3cc(CF)cc(NC(=O)CCCCN=C(N)N)c3OC3CCNCC3)ncn2)c1OC1CCNCC1. The van der Waals surface area contributed by atoms with E-state index in [4.69, 9.17) is 32.4 Å². The number of aromatic nitrogens is 2. The van der Waals surface area contributed by atoms with Gasteiger partial charge in [0.05, 0.1) is 22.7 Å². The summed E-state index contributed by atoms with van der Waals surface area (Å²) in [7, 11) is 0. The topological polar surface area (TPSA) is 313 Å². The lowest BCUT2D eigenvalue weighted by atomic mass is 10.1. The molecule has 2 saturated heterocycles. The average Bonchev–Trinajstić information content (AvgIpc) is 3.28. The molecule has 0 bridgehead atoms. The van der Waals surface area contributed by atoms with Crippen LogP contribution in [0.25, 0.3) is 0 Å². The molecule has 20 nitrogen and oxygen atoms in total. The number of guanidine groups is 2. The van der Waals surface area contributed by atoms with Gasteiger partial charge in [0, 0.05) is 32.0 Å². The number of unbranched alkanes of at least 4 members (excludes halogenated alkanes) is 2. The van der Waals surface area contributed by atoms with Crippen LogP contribution in [-0.4, -0.2) is 97.0 Å². The Balaban J connectivity index is 1.38. The molecular weight excluding hydrogens is 835 g/mol. The third kappa shape index (κ3) is 15.3. The predicted molar refractivity (Wildman–Crippen MR) is 240 cm³/mol. The minimum atomic E-state index is -0.922. The zero-order valence-electron chi connectivity index (χ0n) is 35.7. The number of hydrogen-bond donors (Lipinski definition) is 10. The minimum Gasteiger partial charge on any atom is -0.486 e. The van der Waals surface area contributed by atoms with Crippen molar-refractivity contribution in [3.63, 3.8) is 0 Å². The lowest BCUT2D eigenvalue weighted by Gasteiger charge is -2.27. The Morgan fingerprint density at radius 1 is 0.594 bits per heavy atom. The van der Waals surface area contributed by atoms with Crippen molar-refractivity contribution in [2.24, 2.45) is 32.9 Å². The van der Waals surface area contributed by atoms with Crippen molar-refractivity contribution in [1.29, 1.82) is 0 Å². The third-order valence-corrected chi connectivity index (χ3v) is 10.1. The number of alkyl halides is 2. The highest BCUT2D eigenvalue weighted by Gasteiger charge is 2.26. The summed E-state index contributed by atoms with van der Waals surface area (Å²) < 4.78 is 41.4. The molecule has 4 amide bonds. The van der Waals surface area contributed by atoms with E-state index in [9.17, 15) is 28.0 Å². The van der Waals surface area contributed by atoms with Crippen molar-refractivity contribution in [2.45, 2.75) is 89.8 Å². The summed E-state index contributed by atoms with van der Waals surface area (Å²) >= 11 is 0. The van der Waals surface area contributed by atoms with Crippen molar-refractivity contribution in [3.8, 4) is 11.5 Å². The maximum absolute atomic E-state index is 14.3. The maximum Gasteiger partial charge on any atom is 0.274 e. The van der Waals surface area contributed by atoms with Gasteiger partial charge >= 0.3 is 0 Å². The number of ether oxygens (including phenoxy) is 2. The fraction of sp³-hybridized carbons (Fsp3) is 0.476. The van der Waals surface area contributed by atoms with E-state index in [1.54, 1.807) is 0 Å². The van der Waals surface area contributed by atoms with Crippen LogP contribution in [0.4, 0.5) is 31.5 Å². The summed E-state index contributed by atoms with van der Waals surface area (Å²) in [5.74, 6) is -2.16. The molecule has 346 valence electrons. The summed E-state index contributed by atoms with van der Waals surface area (Å²) in [5, 5.41) is 17.6. The van der Waals surface area contributed by atoms with E-state index in [1.165, 1.54) is 24.3 Å². The molecule has 2 fully saturated rings. The molecule has 2 aliphatic rings. The van der Waals surface area contributed by atoms with Crippen molar-refractivity contribution < 1.29 is 37.4 Å². The summed E-state index contributed by atoms with van der Waals surface area (Å²) in [4.78, 5) is 70.0. The summed E-state index contributed by atoms with van der Waals surface area (Å²) in [6.07, 6.45) is 5.26. The number of nitrogens with two attached hydrogens (primary N) is 4. The number of hydrogen-bond acceptors (Lipinski definition) is 12. The molecule has 1 aromatic heterocycles. The van der Waals surface area contributed by atoms with E-state index in [0.29, 0.717) is 90.6 Å². The van der Waals surface area contributed by atoms with Crippen LogP contribution in [0.15, 0.2) is 46.6 Å². The van der Waals surface area contributed by atoms with Crippen molar-refractivity contribution >= 4 is 58.3 Å². The Hall–Kier alpha value is -6.68. The van der Waals surface area contributed by atoms with Crippen molar-refractivity contribution in [2.75, 3.05) is 60.5 Å². The van der Waals surface area contributed by atoms with E-state index >= 15 is 0 Å². The molecule has 14 N–H and O–H groups in total. The quantitative estimate of drug-likeness (QED) is 0.0394. The number of aliphatic imine (C=N–C) groups is 2. The Labute approximate surface area is 369 Å². The van der Waals surface area contributed by atoms with Crippen LogP contribution in [0.5, 0.6) is 11.5 Å². The van der Waals surface area contributed by atoms with Gasteiger partial charge in [0.25, 0.3) is 11.8 Å². The van der Waals surface area contributed by atoms with Gasteiger partial charge in [-0.15, -0.1) is 0 Å². The molecule has 22 heteroatoms. The first kappa shape index (κ1) is 48.4. The number of carbonyl (C=O) groups excluding carboxylic acids is 4. The normalized spacial score (nSPS) is 14.2. The number of anilines is 4. The first-order chi connectivity index (χ1) is 30.9. The zero-order valence-corrected chi connectivity index (χ0v) is 35.7. The van der Waals surface area contributed by atoms with Gasteiger partial charge in [0.2, 0.25) is 11.8 Å². The number of benzene rings is 2. The summed E-state index contributed by atoms with van der Waals surface area (Å²) in [6.45, 7) is 1.59. The summed E-state index contributed by atoms with van der Waals surface area (Å²) in [6, 6.07) is 6.86. The highest BCUT2D eigenvalue weighted by atomic mass is 19.1. The average molecular weight is 893 g/mol. The first-order valence-electron chi connectivity index (χ1n) is 21.3. The van der Waals surface area contributed by atoms with Crippen LogP contribution in [0.1, 0.15) is 96.3 Å². The number of nitrogens with zero attached hydrogens (tertiary/aromatic N) is 4.